The number of thioether (sulfide) groups is 1. The van der Waals surface area contributed by atoms with Crippen molar-refractivity contribution < 1.29 is 8.78 Å². The molecule has 24 heavy (non-hydrogen) atoms. The second-order valence-corrected chi connectivity index (χ2v) is 7.14. The fourth-order valence-corrected chi connectivity index (χ4v) is 4.37. The third-order valence-electron chi connectivity index (χ3n) is 4.23. The largest absolute Gasteiger partial charge is 0.397 e. The van der Waals surface area contributed by atoms with Crippen LogP contribution in [0.3, 0.4) is 0 Å². The number of benzene rings is 1. The highest BCUT2D eigenvalue weighted by atomic mass is 32.2. The van der Waals surface area contributed by atoms with Gasteiger partial charge in [-0.3, -0.25) is 0 Å². The predicted octanol–water partition coefficient (Wildman–Crippen LogP) is 3.82. The van der Waals surface area contributed by atoms with E-state index in [1.807, 2.05) is 0 Å². The summed E-state index contributed by atoms with van der Waals surface area (Å²) >= 11 is 1.48. The van der Waals surface area contributed by atoms with Crippen molar-refractivity contribution in [2.45, 2.75) is 35.5 Å². The van der Waals surface area contributed by atoms with Gasteiger partial charge in [0.15, 0.2) is 11.6 Å². The van der Waals surface area contributed by atoms with E-state index >= 15 is 0 Å². The molecule has 1 fully saturated rings. The van der Waals surface area contributed by atoms with Crippen LogP contribution in [0, 0.1) is 23.0 Å². The molecule has 0 aliphatic heterocycles. The van der Waals surface area contributed by atoms with E-state index in [2.05, 4.69) is 11.1 Å². The van der Waals surface area contributed by atoms with Crippen molar-refractivity contribution in [2.75, 3.05) is 11.5 Å². The molecular weight excluding hydrogens is 330 g/mol. The summed E-state index contributed by atoms with van der Waals surface area (Å²) in [4.78, 5) is 4.22. The van der Waals surface area contributed by atoms with Crippen LogP contribution in [0.25, 0.3) is 0 Å². The van der Waals surface area contributed by atoms with Crippen LogP contribution < -0.4 is 11.5 Å². The fraction of sp³-hybridized carbons (Fsp3) is 0.294. The summed E-state index contributed by atoms with van der Waals surface area (Å²) in [6.45, 7) is 0. The zero-order valence-corrected chi connectivity index (χ0v) is 13.6. The first-order chi connectivity index (χ1) is 11.5. The van der Waals surface area contributed by atoms with Crippen LogP contribution in [0.15, 0.2) is 29.3 Å². The molecule has 124 valence electrons. The Morgan fingerprint density at radius 3 is 2.67 bits per heavy atom. The third-order valence-corrected chi connectivity index (χ3v) is 5.51. The summed E-state index contributed by atoms with van der Waals surface area (Å²) in [5.41, 5.74) is 13.0. The number of aromatic nitrogens is 1. The Morgan fingerprint density at radius 2 is 1.96 bits per heavy atom. The molecule has 0 amide bonds. The van der Waals surface area contributed by atoms with Crippen LogP contribution in [-0.4, -0.2) is 10.2 Å². The maximum Gasteiger partial charge on any atom is 0.159 e. The molecule has 0 bridgehead atoms. The molecule has 2 aromatic rings. The molecule has 1 aromatic heterocycles. The molecule has 1 saturated carbocycles. The van der Waals surface area contributed by atoms with Crippen molar-refractivity contribution in [2.24, 2.45) is 0 Å². The summed E-state index contributed by atoms with van der Waals surface area (Å²) in [6, 6.07) is 7.61. The summed E-state index contributed by atoms with van der Waals surface area (Å²) in [5, 5.41) is 10.0. The van der Waals surface area contributed by atoms with Gasteiger partial charge in [-0.15, -0.1) is 11.8 Å². The highest BCUT2D eigenvalue weighted by Crippen LogP contribution is 2.43. The number of rotatable bonds is 3. The minimum absolute atomic E-state index is 0.168. The van der Waals surface area contributed by atoms with E-state index in [4.69, 9.17) is 11.5 Å². The average molecular weight is 346 g/mol. The molecule has 4 nitrogen and oxygen atoms in total. The van der Waals surface area contributed by atoms with Gasteiger partial charge in [0.25, 0.3) is 0 Å². The lowest BCUT2D eigenvalue weighted by molar-refractivity contribution is 0.505. The number of nitrogens with two attached hydrogens (primary N) is 2. The fourth-order valence-electron chi connectivity index (χ4n) is 3.03. The Kier molecular flexibility index (Phi) is 4.58. The second-order valence-electron chi connectivity index (χ2n) is 5.85. The van der Waals surface area contributed by atoms with Crippen molar-refractivity contribution >= 4 is 23.3 Å². The van der Waals surface area contributed by atoms with E-state index in [1.54, 1.807) is 6.07 Å². The van der Waals surface area contributed by atoms with Crippen molar-refractivity contribution in [1.82, 2.24) is 4.98 Å². The maximum atomic E-state index is 13.4. The zero-order valence-electron chi connectivity index (χ0n) is 12.8. The molecule has 1 aliphatic carbocycles. The number of hydrogen-bond donors (Lipinski definition) is 2. The number of anilines is 2. The third kappa shape index (κ3) is 3.29. The minimum atomic E-state index is -0.833. The molecule has 0 radical (unpaired) electrons. The number of halogens is 2. The molecule has 2 atom stereocenters. The topological polar surface area (TPSA) is 88.7 Å². The van der Waals surface area contributed by atoms with Gasteiger partial charge in [0, 0.05) is 11.3 Å². The maximum absolute atomic E-state index is 13.4. The average Bonchev–Trinajstić information content (AvgIpc) is 2.98. The summed E-state index contributed by atoms with van der Waals surface area (Å²) in [7, 11) is 0. The first kappa shape index (κ1) is 16.5. The van der Waals surface area contributed by atoms with Gasteiger partial charge in [0.1, 0.15) is 22.5 Å². The van der Waals surface area contributed by atoms with Crippen LogP contribution in [0.2, 0.25) is 0 Å². The number of nitriles is 1. The Labute approximate surface area is 142 Å². The Hall–Kier alpha value is -2.33. The predicted molar refractivity (Wildman–Crippen MR) is 90.4 cm³/mol. The Balaban J connectivity index is 1.75. The summed E-state index contributed by atoms with van der Waals surface area (Å²) < 4.78 is 26.5. The highest BCUT2D eigenvalue weighted by molar-refractivity contribution is 7.99. The van der Waals surface area contributed by atoms with E-state index < -0.39 is 11.6 Å². The van der Waals surface area contributed by atoms with Crippen LogP contribution in [-0.2, 0) is 0 Å². The van der Waals surface area contributed by atoms with Gasteiger partial charge < -0.3 is 11.5 Å². The molecule has 4 N–H and O–H groups in total. The van der Waals surface area contributed by atoms with E-state index in [0.29, 0.717) is 16.3 Å². The first-order valence-electron chi connectivity index (χ1n) is 7.55. The van der Waals surface area contributed by atoms with Gasteiger partial charge >= 0.3 is 0 Å². The molecule has 7 heteroatoms. The minimum Gasteiger partial charge on any atom is -0.397 e. The second kappa shape index (κ2) is 6.65. The smallest absolute Gasteiger partial charge is 0.159 e. The summed E-state index contributed by atoms with van der Waals surface area (Å²) in [5.74, 6) is -1.20. The van der Waals surface area contributed by atoms with Gasteiger partial charge in [-0.1, -0.05) is 6.07 Å². The molecule has 3 rings (SSSR count). The first-order valence-corrected chi connectivity index (χ1v) is 8.43. The van der Waals surface area contributed by atoms with Crippen molar-refractivity contribution in [3.05, 3.63) is 47.0 Å². The molecule has 0 spiro atoms. The SMILES string of the molecule is N#Cc1c(N)cc(N)nc1SC1CCC(c2ccc(F)c(F)c2)C1. The van der Waals surface area contributed by atoms with Crippen molar-refractivity contribution in [3.63, 3.8) is 0 Å². The van der Waals surface area contributed by atoms with E-state index in [9.17, 15) is 14.0 Å². The van der Waals surface area contributed by atoms with Gasteiger partial charge in [-0.05, 0) is 42.9 Å². The number of nitrogens with zero attached hydrogens (tertiary/aromatic N) is 2. The molecule has 0 saturated heterocycles. The zero-order chi connectivity index (χ0) is 17.3. The standard InChI is InChI=1S/C17H16F2N4S/c18-13-4-2-10(6-14(13)19)9-1-3-11(5-9)24-17-12(8-20)15(21)7-16(22)23-17/h2,4,6-7,9,11H,1,3,5H2,(H4,21,22,23). The lowest BCUT2D eigenvalue weighted by Crippen LogP contribution is -2.04. The highest BCUT2D eigenvalue weighted by Gasteiger charge is 2.28. The quantitative estimate of drug-likeness (QED) is 0.882. The molecule has 2 unspecified atom stereocenters. The van der Waals surface area contributed by atoms with Gasteiger partial charge in [-0.25, -0.2) is 13.8 Å². The van der Waals surface area contributed by atoms with E-state index in [1.165, 1.54) is 30.0 Å². The van der Waals surface area contributed by atoms with Crippen LogP contribution in [0.5, 0.6) is 0 Å². The van der Waals surface area contributed by atoms with Crippen molar-refractivity contribution in [3.8, 4) is 6.07 Å². The number of pyridine rings is 1. The molecular formula is C17H16F2N4S. The van der Waals surface area contributed by atoms with E-state index in [0.717, 1.165) is 24.8 Å². The van der Waals surface area contributed by atoms with E-state index in [-0.39, 0.29) is 17.0 Å². The van der Waals surface area contributed by atoms with Gasteiger partial charge in [0.2, 0.25) is 0 Å². The number of nitrogen functional groups attached to an aromatic ring is 2. The van der Waals surface area contributed by atoms with Gasteiger partial charge in [-0.2, -0.15) is 5.26 Å². The molecule has 1 heterocycles. The molecule has 1 aliphatic rings. The normalized spacial score (nSPS) is 20.0. The number of hydrogen-bond acceptors (Lipinski definition) is 5. The van der Waals surface area contributed by atoms with Crippen molar-refractivity contribution in [1.29, 1.82) is 5.26 Å². The van der Waals surface area contributed by atoms with Gasteiger partial charge in [0.05, 0.1) is 5.69 Å². The lowest BCUT2D eigenvalue weighted by atomic mass is 9.98. The van der Waals surface area contributed by atoms with Crippen LogP contribution in [0.4, 0.5) is 20.3 Å². The summed E-state index contributed by atoms with van der Waals surface area (Å²) in [6.07, 6.45) is 2.58. The monoisotopic (exact) mass is 346 g/mol. The molecule has 1 aromatic carbocycles. The lowest BCUT2D eigenvalue weighted by Gasteiger charge is -2.13. The van der Waals surface area contributed by atoms with Crippen LogP contribution in [0.1, 0.15) is 36.3 Å². The van der Waals surface area contributed by atoms with Crippen LogP contribution >= 0.6 is 11.8 Å². The Morgan fingerprint density at radius 1 is 1.17 bits per heavy atom. The Bertz CT molecular complexity index is 819.